The maximum absolute atomic E-state index is 2.26. The van der Waals surface area contributed by atoms with E-state index in [1.807, 2.05) is 0 Å². The molecule has 0 aromatic heterocycles. The molecule has 0 aromatic carbocycles. The molecule has 2 nitrogen and oxygen atoms in total. The van der Waals surface area contributed by atoms with Crippen molar-refractivity contribution in [1.29, 1.82) is 0 Å². The lowest BCUT2D eigenvalue weighted by Gasteiger charge is -2.22. The Morgan fingerprint density at radius 2 is 0.867 bits per heavy atom. The van der Waals surface area contributed by atoms with Crippen LogP contribution >= 0.6 is 0 Å². The zero-order chi connectivity index (χ0) is 11.2. The van der Waals surface area contributed by atoms with Crippen molar-refractivity contribution in [3.8, 4) is 0 Å². The molecule has 0 aromatic rings. The minimum atomic E-state index is 0. The van der Waals surface area contributed by atoms with Crippen LogP contribution < -0.4 is 12.3 Å². The van der Waals surface area contributed by atoms with Gasteiger partial charge in [-0.05, 0) is 39.0 Å². The normalized spacial score (nSPS) is 9.20. The van der Waals surface area contributed by atoms with Gasteiger partial charge in [0.05, 0.1) is 0 Å². The molecule has 0 spiro atoms. The molecule has 2 heteroatoms. The van der Waals surface area contributed by atoms with Crippen molar-refractivity contribution in [1.82, 2.24) is 12.3 Å². The summed E-state index contributed by atoms with van der Waals surface area (Å²) in [5.74, 6) is 0.799. The molecule has 0 aliphatic heterocycles. The van der Waals surface area contributed by atoms with Crippen LogP contribution in [0.2, 0.25) is 0 Å². The predicted octanol–water partition coefficient (Wildman–Crippen LogP) is 5.38. The Balaban J connectivity index is -0.0000000718. The van der Waals surface area contributed by atoms with Crippen LogP contribution in [-0.2, 0) is 0 Å². The van der Waals surface area contributed by atoms with E-state index < -0.39 is 0 Å². The Morgan fingerprint density at radius 3 is 0.867 bits per heavy atom. The summed E-state index contributed by atoms with van der Waals surface area (Å²) in [5.41, 5.74) is 3.35. The summed E-state index contributed by atoms with van der Waals surface area (Å²) in [6.45, 7) is 19.8. The monoisotopic (exact) mass is 218 g/mol. The van der Waals surface area contributed by atoms with Crippen LogP contribution in [0.4, 0.5) is 0 Å². The Labute approximate surface area is 97.7 Å². The summed E-state index contributed by atoms with van der Waals surface area (Å²) < 4.78 is 0. The van der Waals surface area contributed by atoms with E-state index in [1.54, 1.807) is 0 Å². The molecule has 0 heterocycles. The number of hydrogen-bond acceptors (Lipinski definition) is 2. The van der Waals surface area contributed by atoms with Crippen LogP contribution in [0.15, 0.2) is 11.1 Å². The highest BCUT2D eigenvalue weighted by Crippen LogP contribution is 2.23. The number of rotatable bonds is 0. The van der Waals surface area contributed by atoms with E-state index in [0.717, 1.165) is 5.92 Å². The van der Waals surface area contributed by atoms with Gasteiger partial charge in [0.25, 0.3) is 0 Å². The average Bonchev–Trinajstić information content (AvgIpc) is 1.86. The first kappa shape index (κ1) is 24.1. The minimum Gasteiger partial charge on any atom is -0.344 e. The van der Waals surface area contributed by atoms with Crippen molar-refractivity contribution in [2.24, 2.45) is 11.3 Å². The third-order valence-corrected chi connectivity index (χ3v) is 2.73. The van der Waals surface area contributed by atoms with Gasteiger partial charge in [0.1, 0.15) is 0 Å². The van der Waals surface area contributed by atoms with Crippen LogP contribution in [0, 0.1) is 11.3 Å². The van der Waals surface area contributed by atoms with E-state index >= 15 is 0 Å². The van der Waals surface area contributed by atoms with Gasteiger partial charge in [-0.1, -0.05) is 45.8 Å². The smallest absolute Gasteiger partial charge is 0.0360 e. The van der Waals surface area contributed by atoms with E-state index in [0.29, 0.717) is 5.41 Å². The first-order valence-corrected chi connectivity index (χ1v) is 5.19. The lowest BCUT2D eigenvalue weighted by molar-refractivity contribution is 0.283. The second kappa shape index (κ2) is 10.2. The molecule has 0 fully saturated rings. The van der Waals surface area contributed by atoms with Crippen molar-refractivity contribution in [2.45, 2.75) is 62.3 Å². The largest absolute Gasteiger partial charge is 0.344 e. The Hall–Kier alpha value is -0.340. The first-order chi connectivity index (χ1) is 5.59. The van der Waals surface area contributed by atoms with Crippen LogP contribution in [0.5, 0.6) is 0 Å². The quantitative estimate of drug-likeness (QED) is 0.536. The SMILES string of the molecule is CC(C)=C(C)C.CC(C)C(C)(C)C.N.N. The Kier molecular flexibility index (Phi) is 16.3. The molecule has 0 unspecified atom stereocenters. The Bertz CT molecular complexity index is 144. The molecule has 0 bridgehead atoms. The molecule has 0 saturated heterocycles. The van der Waals surface area contributed by atoms with E-state index in [1.165, 1.54) is 11.1 Å². The Morgan fingerprint density at radius 1 is 0.733 bits per heavy atom. The van der Waals surface area contributed by atoms with Gasteiger partial charge in [-0.25, -0.2) is 0 Å². The standard InChI is InChI=1S/C7H16.C6H12.2H3N/c1-6(2)7(3,4)5;1-5(2)6(3)4;;/h6H,1-5H3;1-4H3;2*1H3. The highest BCUT2D eigenvalue weighted by atomic mass is 14.2. The van der Waals surface area contributed by atoms with Crippen LogP contribution in [0.25, 0.3) is 0 Å². The molecule has 0 radical (unpaired) electrons. The van der Waals surface area contributed by atoms with Gasteiger partial charge in [-0.3, -0.25) is 0 Å². The van der Waals surface area contributed by atoms with Crippen molar-refractivity contribution in [3.63, 3.8) is 0 Å². The summed E-state index contributed by atoms with van der Waals surface area (Å²) >= 11 is 0. The summed E-state index contributed by atoms with van der Waals surface area (Å²) in [5, 5.41) is 0. The zero-order valence-electron chi connectivity index (χ0n) is 12.5. The van der Waals surface area contributed by atoms with Gasteiger partial charge in [0, 0.05) is 0 Å². The van der Waals surface area contributed by atoms with E-state index in [-0.39, 0.29) is 12.3 Å². The molecule has 15 heavy (non-hydrogen) atoms. The molecule has 96 valence electrons. The fourth-order valence-electron chi connectivity index (χ4n) is 0. The van der Waals surface area contributed by atoms with Crippen LogP contribution in [0.3, 0.4) is 0 Å². The second-order valence-corrected chi connectivity index (χ2v) is 5.52. The van der Waals surface area contributed by atoms with Crippen LogP contribution in [0.1, 0.15) is 62.3 Å². The minimum absolute atomic E-state index is 0. The molecule has 0 rings (SSSR count). The molecule has 0 atom stereocenters. The van der Waals surface area contributed by atoms with E-state index in [4.69, 9.17) is 0 Å². The molecule has 0 amide bonds. The third-order valence-electron chi connectivity index (χ3n) is 2.73. The number of hydrogen-bond donors (Lipinski definition) is 2. The molecule has 6 N–H and O–H groups in total. The van der Waals surface area contributed by atoms with Crippen molar-refractivity contribution >= 4 is 0 Å². The topological polar surface area (TPSA) is 70.0 Å². The van der Waals surface area contributed by atoms with Crippen molar-refractivity contribution in [2.75, 3.05) is 0 Å². The van der Waals surface area contributed by atoms with Gasteiger partial charge < -0.3 is 12.3 Å². The first-order valence-electron chi connectivity index (χ1n) is 5.19. The molecule has 0 aliphatic carbocycles. The lowest BCUT2D eigenvalue weighted by atomic mass is 9.84. The second-order valence-electron chi connectivity index (χ2n) is 5.52. The molecular weight excluding hydrogens is 184 g/mol. The van der Waals surface area contributed by atoms with Gasteiger partial charge in [-0.15, -0.1) is 0 Å². The van der Waals surface area contributed by atoms with Gasteiger partial charge in [0.15, 0.2) is 0 Å². The summed E-state index contributed by atoms with van der Waals surface area (Å²) in [7, 11) is 0. The van der Waals surface area contributed by atoms with E-state index in [9.17, 15) is 0 Å². The lowest BCUT2D eigenvalue weighted by Crippen LogP contribution is -2.12. The van der Waals surface area contributed by atoms with E-state index in [2.05, 4.69) is 62.3 Å². The highest BCUT2D eigenvalue weighted by molar-refractivity contribution is 5.02. The fraction of sp³-hybridized carbons (Fsp3) is 0.846. The maximum atomic E-state index is 2.26. The molecule has 0 saturated carbocycles. The third kappa shape index (κ3) is 19.9. The maximum Gasteiger partial charge on any atom is -0.0360 e. The number of allylic oxidation sites excluding steroid dienone is 2. The molecular formula is C13H34N2. The van der Waals surface area contributed by atoms with Crippen molar-refractivity contribution in [3.05, 3.63) is 11.1 Å². The van der Waals surface area contributed by atoms with Crippen LogP contribution in [-0.4, -0.2) is 0 Å². The van der Waals surface area contributed by atoms with Gasteiger partial charge in [-0.2, -0.15) is 0 Å². The summed E-state index contributed by atoms with van der Waals surface area (Å²) in [4.78, 5) is 0. The molecule has 0 aliphatic rings. The average molecular weight is 218 g/mol. The van der Waals surface area contributed by atoms with Gasteiger partial charge in [0.2, 0.25) is 0 Å². The van der Waals surface area contributed by atoms with Crippen molar-refractivity contribution < 1.29 is 0 Å². The summed E-state index contributed by atoms with van der Waals surface area (Å²) in [6.07, 6.45) is 0. The predicted molar refractivity (Wildman–Crippen MR) is 74.1 cm³/mol. The summed E-state index contributed by atoms with van der Waals surface area (Å²) in [6, 6.07) is 0. The van der Waals surface area contributed by atoms with Gasteiger partial charge >= 0.3 is 0 Å². The zero-order valence-corrected chi connectivity index (χ0v) is 12.5. The fourth-order valence-corrected chi connectivity index (χ4v) is 0. The highest BCUT2D eigenvalue weighted by Gasteiger charge is 2.13.